The van der Waals surface area contributed by atoms with Gasteiger partial charge in [0.2, 0.25) is 0 Å². The summed E-state index contributed by atoms with van der Waals surface area (Å²) in [5.74, 6) is 0. The number of anilines is 1. The molecular weight excluding hydrogens is 326 g/mol. The zero-order valence-corrected chi connectivity index (χ0v) is 14.4. The summed E-state index contributed by atoms with van der Waals surface area (Å²) in [5, 5.41) is 4.84. The van der Waals surface area contributed by atoms with Gasteiger partial charge in [0, 0.05) is 28.1 Å². The van der Waals surface area contributed by atoms with E-state index in [1.807, 2.05) is 6.20 Å². The number of pyridine rings is 1. The second-order valence-corrected chi connectivity index (χ2v) is 6.56. The first-order valence-corrected chi connectivity index (χ1v) is 8.46. The third-order valence-electron chi connectivity index (χ3n) is 3.93. The molecule has 3 N–H and O–H groups in total. The molecule has 0 saturated heterocycles. The number of nitrogens with two attached hydrogens (primary N) is 1. The number of benzene rings is 1. The van der Waals surface area contributed by atoms with Gasteiger partial charge in [-0.25, -0.2) is 0 Å². The molecule has 2 rings (SSSR count). The molecule has 0 aliphatic rings. The molecule has 0 aliphatic heterocycles. The number of hydrogen-bond acceptors (Lipinski definition) is 3. The van der Waals surface area contributed by atoms with E-state index in [0.717, 1.165) is 46.7 Å². The van der Waals surface area contributed by atoms with Crippen LogP contribution in [0.5, 0.6) is 0 Å². The van der Waals surface area contributed by atoms with Crippen LogP contribution in [0.4, 0.5) is 5.69 Å². The molecule has 0 aliphatic carbocycles. The van der Waals surface area contributed by atoms with E-state index < -0.39 is 0 Å². The number of aromatic nitrogens is 1. The number of fused-ring (bicyclic) bond motifs is 1. The van der Waals surface area contributed by atoms with Gasteiger partial charge in [0.25, 0.3) is 0 Å². The minimum Gasteiger partial charge on any atom is -0.377 e. The van der Waals surface area contributed by atoms with Crippen LogP contribution in [0.2, 0.25) is 0 Å². The average Bonchev–Trinajstić information content (AvgIpc) is 2.47. The number of rotatable bonds is 7. The number of hydrogen-bond donors (Lipinski definition) is 2. The van der Waals surface area contributed by atoms with E-state index in [1.54, 1.807) is 0 Å². The summed E-state index contributed by atoms with van der Waals surface area (Å²) in [7, 11) is 0. The van der Waals surface area contributed by atoms with Gasteiger partial charge in [-0.15, -0.1) is 0 Å². The summed E-state index contributed by atoms with van der Waals surface area (Å²) in [4.78, 5) is 4.57. The van der Waals surface area contributed by atoms with Crippen molar-refractivity contribution in [2.45, 2.75) is 45.1 Å². The van der Waals surface area contributed by atoms with E-state index in [0.29, 0.717) is 6.54 Å². The van der Waals surface area contributed by atoms with Crippen molar-refractivity contribution >= 4 is 32.5 Å². The Hall–Kier alpha value is -1.13. The normalized spacial score (nSPS) is 11.8. The maximum atomic E-state index is 6.11. The van der Waals surface area contributed by atoms with E-state index in [-0.39, 0.29) is 5.54 Å². The Labute approximate surface area is 135 Å². The predicted molar refractivity (Wildman–Crippen MR) is 94.7 cm³/mol. The van der Waals surface area contributed by atoms with E-state index in [4.69, 9.17) is 5.73 Å². The summed E-state index contributed by atoms with van der Waals surface area (Å²) in [6.45, 7) is 5.06. The van der Waals surface area contributed by atoms with Crippen LogP contribution in [0, 0.1) is 0 Å². The molecule has 0 amide bonds. The second-order valence-electron chi connectivity index (χ2n) is 5.64. The zero-order chi connectivity index (χ0) is 15.3. The molecule has 21 heavy (non-hydrogen) atoms. The summed E-state index contributed by atoms with van der Waals surface area (Å²) in [6, 6.07) is 8.34. The van der Waals surface area contributed by atoms with Crippen molar-refractivity contribution in [3.05, 3.63) is 34.9 Å². The van der Waals surface area contributed by atoms with Gasteiger partial charge in [-0.1, -0.05) is 38.8 Å². The van der Waals surface area contributed by atoms with Crippen LogP contribution in [0.1, 0.15) is 39.5 Å². The van der Waals surface area contributed by atoms with Crippen molar-refractivity contribution < 1.29 is 0 Å². The zero-order valence-electron chi connectivity index (χ0n) is 12.8. The van der Waals surface area contributed by atoms with Crippen molar-refractivity contribution in [3.8, 4) is 0 Å². The van der Waals surface area contributed by atoms with Crippen LogP contribution < -0.4 is 11.1 Å². The number of nitrogens with zero attached hydrogens (tertiary/aromatic N) is 1. The summed E-state index contributed by atoms with van der Waals surface area (Å²) in [5.41, 5.74) is 8.15. The summed E-state index contributed by atoms with van der Waals surface area (Å²) < 4.78 is 0.999. The van der Waals surface area contributed by atoms with E-state index >= 15 is 0 Å². The Morgan fingerprint density at radius 2 is 1.95 bits per heavy atom. The Kier molecular flexibility index (Phi) is 5.59. The predicted octanol–water partition coefficient (Wildman–Crippen LogP) is 4.71. The molecule has 1 aromatic carbocycles. The SMILES string of the molecule is CCCC(CN)(CCC)Nc1cccc2cc(Br)cnc12. The van der Waals surface area contributed by atoms with Crippen LogP contribution in [0.15, 0.2) is 34.9 Å². The molecule has 0 unspecified atom stereocenters. The van der Waals surface area contributed by atoms with Crippen molar-refractivity contribution in [1.82, 2.24) is 4.98 Å². The van der Waals surface area contributed by atoms with Crippen LogP contribution in [0.3, 0.4) is 0 Å². The molecule has 0 spiro atoms. The molecule has 0 fully saturated rings. The molecular formula is C17H24BrN3. The molecule has 114 valence electrons. The Morgan fingerprint density at radius 1 is 1.24 bits per heavy atom. The summed E-state index contributed by atoms with van der Waals surface area (Å²) >= 11 is 3.48. The topological polar surface area (TPSA) is 50.9 Å². The molecule has 3 nitrogen and oxygen atoms in total. The standard InChI is InChI=1S/C17H24BrN3/c1-3-8-17(12-19,9-4-2)21-15-7-5-6-13-10-14(18)11-20-16(13)15/h5-7,10-11,21H,3-4,8-9,12,19H2,1-2H3. The Balaban J connectivity index is 2.40. The van der Waals surface area contributed by atoms with Crippen LogP contribution in [-0.4, -0.2) is 17.1 Å². The van der Waals surface area contributed by atoms with Crippen molar-refractivity contribution in [2.75, 3.05) is 11.9 Å². The second kappa shape index (κ2) is 7.23. The molecule has 1 heterocycles. The van der Waals surface area contributed by atoms with Gasteiger partial charge in [-0.05, 0) is 40.9 Å². The van der Waals surface area contributed by atoms with Gasteiger partial charge in [-0.3, -0.25) is 4.98 Å². The van der Waals surface area contributed by atoms with Gasteiger partial charge in [0.15, 0.2) is 0 Å². The third-order valence-corrected chi connectivity index (χ3v) is 4.36. The van der Waals surface area contributed by atoms with E-state index in [9.17, 15) is 0 Å². The minimum atomic E-state index is -0.0352. The van der Waals surface area contributed by atoms with Gasteiger partial charge < -0.3 is 11.1 Å². The quantitative estimate of drug-likeness (QED) is 0.761. The minimum absolute atomic E-state index is 0.0352. The average molecular weight is 350 g/mol. The fourth-order valence-corrected chi connectivity index (χ4v) is 3.33. The molecule has 0 radical (unpaired) electrons. The highest BCUT2D eigenvalue weighted by Crippen LogP contribution is 2.29. The molecule has 0 saturated carbocycles. The molecule has 0 bridgehead atoms. The first kappa shape index (κ1) is 16.2. The number of nitrogens with one attached hydrogen (secondary N) is 1. The Morgan fingerprint density at radius 3 is 2.57 bits per heavy atom. The monoisotopic (exact) mass is 349 g/mol. The maximum absolute atomic E-state index is 6.11. The fourth-order valence-electron chi connectivity index (χ4n) is 2.98. The smallest absolute Gasteiger partial charge is 0.0934 e. The lowest BCUT2D eigenvalue weighted by Gasteiger charge is -2.35. The summed E-state index contributed by atoms with van der Waals surface area (Å²) in [6.07, 6.45) is 6.23. The number of halogens is 1. The highest BCUT2D eigenvalue weighted by Gasteiger charge is 2.27. The number of para-hydroxylation sites is 1. The molecule has 0 atom stereocenters. The molecule has 2 aromatic rings. The largest absolute Gasteiger partial charge is 0.377 e. The molecule has 1 aromatic heterocycles. The van der Waals surface area contributed by atoms with Crippen LogP contribution in [-0.2, 0) is 0 Å². The lowest BCUT2D eigenvalue weighted by Crippen LogP contribution is -2.45. The lowest BCUT2D eigenvalue weighted by molar-refractivity contribution is 0.401. The van der Waals surface area contributed by atoms with E-state index in [2.05, 4.69) is 64.3 Å². The highest BCUT2D eigenvalue weighted by molar-refractivity contribution is 9.10. The first-order chi connectivity index (χ1) is 10.1. The van der Waals surface area contributed by atoms with Crippen LogP contribution >= 0.6 is 15.9 Å². The first-order valence-electron chi connectivity index (χ1n) is 7.66. The van der Waals surface area contributed by atoms with Gasteiger partial charge in [0.05, 0.1) is 11.2 Å². The maximum Gasteiger partial charge on any atom is 0.0934 e. The van der Waals surface area contributed by atoms with Gasteiger partial charge >= 0.3 is 0 Å². The van der Waals surface area contributed by atoms with E-state index in [1.165, 1.54) is 0 Å². The van der Waals surface area contributed by atoms with Crippen molar-refractivity contribution in [1.29, 1.82) is 0 Å². The van der Waals surface area contributed by atoms with Crippen molar-refractivity contribution in [2.24, 2.45) is 5.73 Å². The Bertz CT molecular complexity index is 592. The van der Waals surface area contributed by atoms with Gasteiger partial charge in [0.1, 0.15) is 0 Å². The van der Waals surface area contributed by atoms with Crippen LogP contribution in [0.25, 0.3) is 10.9 Å². The van der Waals surface area contributed by atoms with Crippen molar-refractivity contribution in [3.63, 3.8) is 0 Å². The fraction of sp³-hybridized carbons (Fsp3) is 0.471. The van der Waals surface area contributed by atoms with Gasteiger partial charge in [-0.2, -0.15) is 0 Å². The highest BCUT2D eigenvalue weighted by atomic mass is 79.9. The third kappa shape index (κ3) is 3.74. The lowest BCUT2D eigenvalue weighted by atomic mass is 9.88. The molecule has 4 heteroatoms.